The van der Waals surface area contributed by atoms with Crippen LogP contribution in [0.15, 0.2) is 34.9 Å². The molecule has 0 fully saturated rings. The van der Waals surface area contributed by atoms with Crippen molar-refractivity contribution in [2.75, 3.05) is 12.4 Å². The lowest BCUT2D eigenvalue weighted by atomic mass is 10.1. The van der Waals surface area contributed by atoms with Crippen LogP contribution in [0, 0.1) is 0 Å². The van der Waals surface area contributed by atoms with Crippen LogP contribution in [-0.4, -0.2) is 12.2 Å². The van der Waals surface area contributed by atoms with E-state index in [0.717, 1.165) is 10.9 Å². The molecule has 0 saturated carbocycles. The molecule has 3 aromatic rings. The van der Waals surface area contributed by atoms with E-state index < -0.39 is 0 Å². The van der Waals surface area contributed by atoms with Gasteiger partial charge in [0.15, 0.2) is 11.4 Å². The van der Waals surface area contributed by atoms with Gasteiger partial charge in [0.1, 0.15) is 12.4 Å². The van der Waals surface area contributed by atoms with Gasteiger partial charge in [-0.15, -0.1) is 0 Å². The first-order chi connectivity index (χ1) is 10.6. The monoisotopic (exact) mass is 356 g/mol. The largest absolute Gasteiger partial charge is 0.489 e. The number of hydrogen-bond donors (Lipinski definition) is 1. The molecule has 1 N–H and O–H groups in total. The molecule has 0 amide bonds. The van der Waals surface area contributed by atoms with Gasteiger partial charge >= 0.3 is 0 Å². The Hall–Kier alpha value is -1.62. The van der Waals surface area contributed by atoms with Crippen molar-refractivity contribution in [3.63, 3.8) is 0 Å². The van der Waals surface area contributed by atoms with Crippen LogP contribution in [0.5, 0.6) is 5.75 Å². The zero-order valence-electron chi connectivity index (χ0n) is 11.5. The van der Waals surface area contributed by atoms with E-state index in [4.69, 9.17) is 44.1 Å². The molecule has 3 rings (SSSR count). The van der Waals surface area contributed by atoms with Crippen LogP contribution in [0.25, 0.3) is 11.0 Å². The van der Waals surface area contributed by atoms with Crippen LogP contribution < -0.4 is 10.1 Å². The van der Waals surface area contributed by atoms with Crippen LogP contribution >= 0.6 is 34.8 Å². The first kappa shape index (κ1) is 15.3. The number of halogens is 3. The lowest BCUT2D eigenvalue weighted by Gasteiger charge is -2.08. The number of ether oxygens (including phenoxy) is 1. The quantitative estimate of drug-likeness (QED) is 0.678. The molecule has 7 heteroatoms. The van der Waals surface area contributed by atoms with Gasteiger partial charge in [-0.05, 0) is 24.3 Å². The topological polar surface area (TPSA) is 47.3 Å². The van der Waals surface area contributed by atoms with Crippen molar-refractivity contribution >= 4 is 51.6 Å². The van der Waals surface area contributed by atoms with Crippen molar-refractivity contribution in [2.45, 2.75) is 6.61 Å². The highest BCUT2D eigenvalue weighted by Crippen LogP contribution is 2.31. The molecule has 0 radical (unpaired) electrons. The maximum atomic E-state index is 6.29. The first-order valence-electron chi connectivity index (χ1n) is 6.42. The fraction of sp³-hybridized carbons (Fsp3) is 0.133. The van der Waals surface area contributed by atoms with E-state index in [1.165, 1.54) is 0 Å². The maximum Gasteiger partial charge on any atom is 0.177 e. The Balaban J connectivity index is 1.84. The standard InChI is InChI=1S/C15H11Cl3N2O2/c1-19-15-10-6-12(17)8(4-14(10)22-20-15)7-21-9-2-3-11(16)13(18)5-9/h2-6H,7H2,1H3,(H,19,20). The van der Waals surface area contributed by atoms with E-state index in [0.29, 0.717) is 32.2 Å². The molecule has 114 valence electrons. The van der Waals surface area contributed by atoms with Crippen LogP contribution in [0.3, 0.4) is 0 Å². The number of benzene rings is 2. The third-order valence-corrected chi connectivity index (χ3v) is 4.25. The van der Waals surface area contributed by atoms with E-state index >= 15 is 0 Å². The van der Waals surface area contributed by atoms with Gasteiger partial charge < -0.3 is 14.6 Å². The van der Waals surface area contributed by atoms with Gasteiger partial charge in [0.2, 0.25) is 0 Å². The third-order valence-electron chi connectivity index (χ3n) is 3.16. The first-order valence-corrected chi connectivity index (χ1v) is 7.55. The Labute approximate surface area is 141 Å². The number of rotatable bonds is 4. The number of hydrogen-bond acceptors (Lipinski definition) is 4. The Morgan fingerprint density at radius 2 is 1.91 bits per heavy atom. The average Bonchev–Trinajstić information content (AvgIpc) is 2.90. The van der Waals surface area contributed by atoms with Crippen LogP contribution in [0.1, 0.15) is 5.56 Å². The van der Waals surface area contributed by atoms with E-state index in [1.54, 1.807) is 31.3 Å². The Morgan fingerprint density at radius 1 is 1.09 bits per heavy atom. The Bertz CT molecular complexity index is 833. The minimum atomic E-state index is 0.280. The lowest BCUT2D eigenvalue weighted by molar-refractivity contribution is 0.306. The number of fused-ring (bicyclic) bond motifs is 1. The van der Waals surface area contributed by atoms with Gasteiger partial charge in [-0.1, -0.05) is 40.0 Å². The summed E-state index contributed by atoms with van der Waals surface area (Å²) in [5.41, 5.74) is 1.43. The summed E-state index contributed by atoms with van der Waals surface area (Å²) in [5, 5.41) is 9.18. The Kier molecular flexibility index (Phi) is 4.34. The predicted octanol–water partition coefficient (Wildman–Crippen LogP) is 5.41. The number of nitrogens with one attached hydrogen (secondary N) is 1. The second-order valence-corrected chi connectivity index (χ2v) is 5.81. The molecule has 22 heavy (non-hydrogen) atoms. The highest BCUT2D eigenvalue weighted by molar-refractivity contribution is 6.42. The third kappa shape index (κ3) is 2.95. The van der Waals surface area contributed by atoms with Crippen molar-refractivity contribution in [3.8, 4) is 5.75 Å². The van der Waals surface area contributed by atoms with Crippen LogP contribution in [0.4, 0.5) is 5.82 Å². The molecule has 4 nitrogen and oxygen atoms in total. The normalized spacial score (nSPS) is 10.9. The molecule has 0 aliphatic heterocycles. The SMILES string of the molecule is CNc1noc2cc(COc3ccc(Cl)c(Cl)c3)c(Cl)cc12. The Morgan fingerprint density at radius 3 is 2.64 bits per heavy atom. The van der Waals surface area contributed by atoms with Gasteiger partial charge in [0.05, 0.1) is 15.4 Å². The molecule has 2 aromatic carbocycles. The molecule has 0 spiro atoms. The number of aromatic nitrogens is 1. The van der Waals surface area contributed by atoms with Crippen molar-refractivity contribution in [3.05, 3.63) is 51.0 Å². The summed E-state index contributed by atoms with van der Waals surface area (Å²) in [6.07, 6.45) is 0. The number of nitrogens with zero attached hydrogens (tertiary/aromatic N) is 1. The van der Waals surface area contributed by atoms with Crippen LogP contribution in [0.2, 0.25) is 15.1 Å². The number of anilines is 1. The van der Waals surface area contributed by atoms with Gasteiger partial charge in [-0.3, -0.25) is 0 Å². The highest BCUT2D eigenvalue weighted by Gasteiger charge is 2.12. The minimum Gasteiger partial charge on any atom is -0.489 e. The fourth-order valence-corrected chi connectivity index (χ4v) is 2.53. The van der Waals surface area contributed by atoms with E-state index in [1.807, 2.05) is 6.07 Å². The smallest absolute Gasteiger partial charge is 0.177 e. The van der Waals surface area contributed by atoms with Gasteiger partial charge in [-0.2, -0.15) is 0 Å². The van der Waals surface area contributed by atoms with Crippen molar-refractivity contribution in [1.29, 1.82) is 0 Å². The van der Waals surface area contributed by atoms with E-state index in [2.05, 4.69) is 10.5 Å². The maximum absolute atomic E-state index is 6.29. The molecule has 0 bridgehead atoms. The second-order valence-electron chi connectivity index (χ2n) is 4.59. The van der Waals surface area contributed by atoms with Crippen molar-refractivity contribution in [1.82, 2.24) is 5.16 Å². The molecule has 1 heterocycles. The zero-order valence-corrected chi connectivity index (χ0v) is 13.8. The molecule has 0 aliphatic carbocycles. The molecular weight excluding hydrogens is 347 g/mol. The molecule has 0 saturated heterocycles. The summed E-state index contributed by atoms with van der Waals surface area (Å²) >= 11 is 18.1. The summed E-state index contributed by atoms with van der Waals surface area (Å²) in [4.78, 5) is 0. The summed E-state index contributed by atoms with van der Waals surface area (Å²) in [5.74, 6) is 1.26. The fourth-order valence-electron chi connectivity index (χ4n) is 2.02. The molecule has 0 aliphatic rings. The molecule has 0 unspecified atom stereocenters. The van der Waals surface area contributed by atoms with Crippen molar-refractivity contribution < 1.29 is 9.26 Å². The van der Waals surface area contributed by atoms with Gasteiger partial charge in [0.25, 0.3) is 0 Å². The van der Waals surface area contributed by atoms with Crippen molar-refractivity contribution in [2.24, 2.45) is 0 Å². The molecule has 0 atom stereocenters. The summed E-state index contributed by atoms with van der Waals surface area (Å²) < 4.78 is 10.9. The lowest BCUT2D eigenvalue weighted by Crippen LogP contribution is -1.96. The van der Waals surface area contributed by atoms with Crippen LogP contribution in [-0.2, 0) is 6.61 Å². The molecular formula is C15H11Cl3N2O2. The summed E-state index contributed by atoms with van der Waals surface area (Å²) in [7, 11) is 1.77. The zero-order chi connectivity index (χ0) is 15.7. The van der Waals surface area contributed by atoms with Gasteiger partial charge in [-0.25, -0.2) is 0 Å². The second kappa shape index (κ2) is 6.24. The molecule has 1 aromatic heterocycles. The van der Waals surface area contributed by atoms with E-state index in [-0.39, 0.29) is 6.61 Å². The summed E-state index contributed by atoms with van der Waals surface area (Å²) in [6.45, 7) is 0.280. The highest BCUT2D eigenvalue weighted by atomic mass is 35.5. The minimum absolute atomic E-state index is 0.280. The average molecular weight is 358 g/mol. The summed E-state index contributed by atoms with van der Waals surface area (Å²) in [6, 6.07) is 8.69. The predicted molar refractivity (Wildman–Crippen MR) is 89.4 cm³/mol. The van der Waals surface area contributed by atoms with Gasteiger partial charge in [0, 0.05) is 23.7 Å². The van der Waals surface area contributed by atoms with E-state index in [9.17, 15) is 0 Å².